The number of aryl methyl sites for hydroxylation is 1. The van der Waals surface area contributed by atoms with Crippen LogP contribution in [0.1, 0.15) is 42.9 Å². The average molecular weight is 647 g/mol. The third kappa shape index (κ3) is 8.13. The van der Waals surface area contributed by atoms with Gasteiger partial charge < -0.3 is 10.1 Å². The number of carbonyl (C=O) groups is 2. The molecular formula is C33H29F3N6O3S. The van der Waals surface area contributed by atoms with E-state index in [0.29, 0.717) is 23.1 Å². The SMILES string of the molecule is Cc1ccc(C(C)C)c(N2C(=O)CS/C2=N\C(=O)NCCC#Cc2ccc(-c3ncn(-c4ccc(OC(F)(F)F)cc4)n3)cc2)c1. The van der Waals surface area contributed by atoms with E-state index in [1.165, 1.54) is 51.9 Å². The van der Waals surface area contributed by atoms with Crippen LogP contribution in [-0.4, -0.2) is 50.5 Å². The molecule has 3 amide bonds. The summed E-state index contributed by atoms with van der Waals surface area (Å²) >= 11 is 1.24. The van der Waals surface area contributed by atoms with Gasteiger partial charge in [-0.25, -0.2) is 14.5 Å². The number of aliphatic imine (C=N–C) groups is 1. The van der Waals surface area contributed by atoms with E-state index in [1.807, 2.05) is 49.4 Å². The Morgan fingerprint density at radius 3 is 2.54 bits per heavy atom. The maximum Gasteiger partial charge on any atom is 0.573 e. The number of anilines is 1. The van der Waals surface area contributed by atoms with Gasteiger partial charge in [0.25, 0.3) is 0 Å². The molecule has 1 aliphatic heterocycles. The number of amidine groups is 1. The number of amides is 3. The molecule has 0 unspecified atom stereocenters. The molecule has 1 aliphatic rings. The second-order valence-electron chi connectivity index (χ2n) is 10.5. The van der Waals surface area contributed by atoms with E-state index in [2.05, 4.69) is 50.8 Å². The first-order valence-corrected chi connectivity index (χ1v) is 15.3. The van der Waals surface area contributed by atoms with Crippen LogP contribution in [0, 0.1) is 18.8 Å². The van der Waals surface area contributed by atoms with E-state index in [9.17, 15) is 22.8 Å². The fourth-order valence-electron chi connectivity index (χ4n) is 4.56. The van der Waals surface area contributed by atoms with Crippen LogP contribution in [0.3, 0.4) is 0 Å². The number of nitrogens with one attached hydrogen (secondary N) is 1. The first kappa shape index (κ1) is 32.3. The quantitative estimate of drug-likeness (QED) is 0.174. The summed E-state index contributed by atoms with van der Waals surface area (Å²) in [7, 11) is 0. The van der Waals surface area contributed by atoms with Crippen LogP contribution in [0.25, 0.3) is 17.1 Å². The Balaban J connectivity index is 1.14. The number of aromatic nitrogens is 3. The van der Waals surface area contributed by atoms with Gasteiger partial charge in [0.15, 0.2) is 11.0 Å². The smallest absolute Gasteiger partial charge is 0.406 e. The molecule has 9 nitrogen and oxygen atoms in total. The van der Waals surface area contributed by atoms with Crippen LogP contribution in [0.4, 0.5) is 23.7 Å². The van der Waals surface area contributed by atoms with E-state index >= 15 is 0 Å². The van der Waals surface area contributed by atoms with Gasteiger partial charge in [0, 0.05) is 24.1 Å². The third-order valence-corrected chi connectivity index (χ3v) is 7.66. The highest BCUT2D eigenvalue weighted by molar-refractivity contribution is 8.15. The van der Waals surface area contributed by atoms with Crippen molar-refractivity contribution in [3.63, 3.8) is 0 Å². The van der Waals surface area contributed by atoms with Gasteiger partial charge in [-0.3, -0.25) is 9.69 Å². The minimum Gasteiger partial charge on any atom is -0.406 e. The predicted molar refractivity (Wildman–Crippen MR) is 171 cm³/mol. The first-order chi connectivity index (χ1) is 22.0. The molecule has 4 aromatic rings. The minimum absolute atomic E-state index is 0.113. The summed E-state index contributed by atoms with van der Waals surface area (Å²) in [6.07, 6.45) is -2.90. The van der Waals surface area contributed by atoms with Crippen molar-refractivity contribution in [2.75, 3.05) is 17.2 Å². The number of thioether (sulfide) groups is 1. The molecule has 1 fully saturated rings. The molecule has 13 heteroatoms. The molecule has 1 aromatic heterocycles. The maximum atomic E-state index is 12.7. The van der Waals surface area contributed by atoms with Gasteiger partial charge in [-0.05, 0) is 78.6 Å². The molecule has 3 aromatic carbocycles. The Labute approximate surface area is 267 Å². The maximum absolute atomic E-state index is 12.7. The van der Waals surface area contributed by atoms with Crippen LogP contribution in [0.5, 0.6) is 5.75 Å². The molecule has 236 valence electrons. The Morgan fingerprint density at radius 2 is 1.85 bits per heavy atom. The van der Waals surface area contributed by atoms with Crippen molar-refractivity contribution in [3.8, 4) is 34.7 Å². The van der Waals surface area contributed by atoms with E-state index in [1.54, 1.807) is 0 Å². The normalized spacial score (nSPS) is 14.0. The highest BCUT2D eigenvalue weighted by Gasteiger charge is 2.33. The van der Waals surface area contributed by atoms with Crippen molar-refractivity contribution in [2.24, 2.45) is 4.99 Å². The Hall–Kier alpha value is -5.09. The number of hydrogen-bond acceptors (Lipinski definition) is 6. The second-order valence-corrected chi connectivity index (χ2v) is 11.5. The van der Waals surface area contributed by atoms with Crippen LogP contribution in [0.2, 0.25) is 0 Å². The van der Waals surface area contributed by atoms with Crippen LogP contribution in [-0.2, 0) is 4.79 Å². The summed E-state index contributed by atoms with van der Waals surface area (Å²) < 4.78 is 42.5. The number of halogens is 3. The Kier molecular flexibility index (Phi) is 9.77. The molecule has 2 heterocycles. The lowest BCUT2D eigenvalue weighted by Gasteiger charge is -2.22. The molecule has 0 radical (unpaired) electrons. The van der Waals surface area contributed by atoms with Crippen molar-refractivity contribution in [1.82, 2.24) is 20.1 Å². The highest BCUT2D eigenvalue weighted by Crippen LogP contribution is 2.34. The zero-order valence-corrected chi connectivity index (χ0v) is 25.9. The predicted octanol–water partition coefficient (Wildman–Crippen LogP) is 6.85. The fraction of sp³-hybridized carbons (Fsp3) is 0.242. The van der Waals surface area contributed by atoms with Crippen LogP contribution < -0.4 is 15.0 Å². The molecule has 0 bridgehead atoms. The number of hydrogen-bond donors (Lipinski definition) is 1. The summed E-state index contributed by atoms with van der Waals surface area (Å²) in [5.41, 5.74) is 4.79. The zero-order chi connectivity index (χ0) is 32.8. The lowest BCUT2D eigenvalue weighted by Crippen LogP contribution is -2.32. The van der Waals surface area contributed by atoms with Crippen LogP contribution >= 0.6 is 11.8 Å². The molecule has 0 aliphatic carbocycles. The van der Waals surface area contributed by atoms with Crippen molar-refractivity contribution < 1.29 is 27.5 Å². The number of carbonyl (C=O) groups excluding carboxylic acids is 2. The summed E-state index contributed by atoms with van der Waals surface area (Å²) in [4.78, 5) is 35.3. The van der Waals surface area contributed by atoms with E-state index in [4.69, 9.17) is 0 Å². The van der Waals surface area contributed by atoms with Gasteiger partial charge in [-0.2, -0.15) is 4.99 Å². The van der Waals surface area contributed by atoms with Crippen LogP contribution in [0.15, 0.2) is 78.0 Å². The van der Waals surface area contributed by atoms with Crippen molar-refractivity contribution in [1.29, 1.82) is 0 Å². The first-order valence-electron chi connectivity index (χ1n) is 14.3. The summed E-state index contributed by atoms with van der Waals surface area (Å²) in [5.74, 6) is 6.48. The molecule has 5 rings (SSSR count). The number of urea groups is 1. The largest absolute Gasteiger partial charge is 0.573 e. The van der Waals surface area contributed by atoms with Gasteiger partial charge in [0.05, 0.1) is 17.1 Å². The second kappa shape index (κ2) is 13.9. The van der Waals surface area contributed by atoms with E-state index < -0.39 is 12.4 Å². The molecule has 46 heavy (non-hydrogen) atoms. The minimum atomic E-state index is -4.76. The number of rotatable bonds is 7. The standard InChI is InChI=1S/C33H29F3N6O3S/c1-21(2)27-16-7-22(3)18-28(27)42-29(43)19-46-32(42)39-31(44)37-17-5-4-6-23-8-10-24(11-9-23)30-38-20-41(40-30)25-12-14-26(15-13-25)45-33(34,35)36/h7-16,18,20-21H,5,17,19H2,1-3H3,(H,37,44)/b39-32-. The van der Waals surface area contributed by atoms with Gasteiger partial charge in [-0.15, -0.1) is 18.3 Å². The van der Waals surface area contributed by atoms with E-state index in [0.717, 1.165) is 27.9 Å². The highest BCUT2D eigenvalue weighted by atomic mass is 32.2. The molecule has 0 spiro atoms. The Morgan fingerprint density at radius 1 is 1.11 bits per heavy atom. The van der Waals surface area contributed by atoms with Crippen molar-refractivity contribution >= 4 is 34.6 Å². The van der Waals surface area contributed by atoms with E-state index in [-0.39, 0.29) is 29.9 Å². The average Bonchev–Trinajstić information content (AvgIpc) is 3.64. The van der Waals surface area contributed by atoms with Gasteiger partial charge >= 0.3 is 12.4 Å². The summed E-state index contributed by atoms with van der Waals surface area (Å²) in [5, 5.41) is 7.49. The molecule has 1 N–H and O–H groups in total. The number of benzene rings is 3. The lowest BCUT2D eigenvalue weighted by molar-refractivity contribution is -0.274. The van der Waals surface area contributed by atoms with Gasteiger partial charge in [0.2, 0.25) is 5.91 Å². The molecule has 0 saturated carbocycles. The van der Waals surface area contributed by atoms with Crippen molar-refractivity contribution in [3.05, 3.63) is 89.7 Å². The van der Waals surface area contributed by atoms with Crippen molar-refractivity contribution in [2.45, 2.75) is 39.5 Å². The molecule has 0 atom stereocenters. The van der Waals surface area contributed by atoms with Gasteiger partial charge in [-0.1, -0.05) is 49.6 Å². The number of alkyl halides is 3. The monoisotopic (exact) mass is 646 g/mol. The topological polar surface area (TPSA) is 102 Å². The molecular weight excluding hydrogens is 617 g/mol. The number of ether oxygens (including phenoxy) is 1. The summed E-state index contributed by atoms with van der Waals surface area (Å²) in [6, 6.07) is 18.0. The molecule has 1 saturated heterocycles. The van der Waals surface area contributed by atoms with Gasteiger partial charge in [0.1, 0.15) is 12.1 Å². The third-order valence-electron chi connectivity index (χ3n) is 6.74. The summed E-state index contributed by atoms with van der Waals surface area (Å²) in [6.45, 7) is 6.36. The number of nitrogens with zero attached hydrogens (tertiary/aromatic N) is 5. The zero-order valence-electron chi connectivity index (χ0n) is 25.1. The Bertz CT molecular complexity index is 1820. The lowest BCUT2D eigenvalue weighted by atomic mass is 9.99. The fourth-order valence-corrected chi connectivity index (χ4v) is 5.42.